The minimum atomic E-state index is 0.440. The number of nitrogens with one attached hydrogen (secondary N) is 2. The fourth-order valence-corrected chi connectivity index (χ4v) is 0.819. The molecule has 0 bridgehead atoms. The van der Waals surface area contributed by atoms with Crippen molar-refractivity contribution < 1.29 is 0 Å². The first-order chi connectivity index (χ1) is 5.74. The van der Waals surface area contributed by atoms with Gasteiger partial charge in [-0.3, -0.25) is 10.1 Å². The highest BCUT2D eigenvalue weighted by Crippen LogP contribution is 2.00. The average Bonchev–Trinajstić information content (AvgIpc) is 2.47. The van der Waals surface area contributed by atoms with Crippen molar-refractivity contribution in [2.45, 2.75) is 13.5 Å². The second-order valence-electron chi connectivity index (χ2n) is 2.48. The lowest BCUT2D eigenvalue weighted by Gasteiger charge is -2.02. The predicted molar refractivity (Wildman–Crippen MR) is 47.7 cm³/mol. The molecule has 0 atom stereocenters. The van der Waals surface area contributed by atoms with E-state index in [4.69, 9.17) is 5.73 Å². The molecule has 0 aliphatic heterocycles. The van der Waals surface area contributed by atoms with Crippen LogP contribution in [-0.2, 0) is 6.54 Å². The maximum atomic E-state index is 5.45. The van der Waals surface area contributed by atoms with Crippen LogP contribution in [0.4, 0.5) is 0 Å². The number of rotatable bonds is 2. The van der Waals surface area contributed by atoms with Crippen molar-refractivity contribution in [3.05, 3.63) is 17.5 Å². The van der Waals surface area contributed by atoms with Crippen LogP contribution in [0.5, 0.6) is 0 Å². The van der Waals surface area contributed by atoms with Gasteiger partial charge < -0.3 is 11.1 Å². The van der Waals surface area contributed by atoms with Gasteiger partial charge in [0.15, 0.2) is 5.96 Å². The van der Waals surface area contributed by atoms with E-state index in [1.807, 2.05) is 6.92 Å². The van der Waals surface area contributed by atoms with Crippen molar-refractivity contribution in [1.82, 2.24) is 15.5 Å². The van der Waals surface area contributed by atoms with Crippen LogP contribution in [0.3, 0.4) is 0 Å². The van der Waals surface area contributed by atoms with Gasteiger partial charge in [0.1, 0.15) is 0 Å². The molecule has 0 aromatic carbocycles. The lowest BCUT2D eigenvalue weighted by atomic mass is 10.3. The highest BCUT2D eigenvalue weighted by molar-refractivity contribution is 5.77. The van der Waals surface area contributed by atoms with Gasteiger partial charge in [-0.15, -0.1) is 0 Å². The predicted octanol–water partition coefficient (Wildman–Crippen LogP) is -0.248. The molecule has 5 nitrogen and oxygen atoms in total. The standard InChI is InChI=1S/C7H13N5/c1-5-6(4-11-12-5)3-10-7(8)9-2/h4H,3H2,1-2H3,(H,11,12)(H3,8,9,10). The van der Waals surface area contributed by atoms with E-state index in [1.54, 1.807) is 13.2 Å². The second-order valence-corrected chi connectivity index (χ2v) is 2.48. The number of nitrogens with zero attached hydrogens (tertiary/aromatic N) is 2. The van der Waals surface area contributed by atoms with Crippen molar-refractivity contribution in [2.24, 2.45) is 10.7 Å². The van der Waals surface area contributed by atoms with Gasteiger partial charge in [-0.1, -0.05) is 0 Å². The van der Waals surface area contributed by atoms with Crippen LogP contribution in [-0.4, -0.2) is 23.2 Å². The average molecular weight is 167 g/mol. The van der Waals surface area contributed by atoms with Gasteiger partial charge in [-0.05, 0) is 6.92 Å². The Morgan fingerprint density at radius 3 is 3.08 bits per heavy atom. The van der Waals surface area contributed by atoms with Gasteiger partial charge in [0, 0.05) is 24.8 Å². The molecule has 0 unspecified atom stereocenters. The van der Waals surface area contributed by atoms with E-state index in [0.29, 0.717) is 12.5 Å². The summed E-state index contributed by atoms with van der Waals surface area (Å²) in [4.78, 5) is 3.77. The lowest BCUT2D eigenvalue weighted by Crippen LogP contribution is -2.30. The van der Waals surface area contributed by atoms with Gasteiger partial charge in [0.2, 0.25) is 0 Å². The summed E-state index contributed by atoms with van der Waals surface area (Å²) in [6, 6.07) is 0. The Balaban J connectivity index is 2.49. The fraction of sp³-hybridized carbons (Fsp3) is 0.429. The maximum Gasteiger partial charge on any atom is 0.188 e. The van der Waals surface area contributed by atoms with Gasteiger partial charge in [-0.2, -0.15) is 5.10 Å². The fourth-order valence-electron chi connectivity index (χ4n) is 0.819. The summed E-state index contributed by atoms with van der Waals surface area (Å²) in [5.74, 6) is 0.440. The highest BCUT2D eigenvalue weighted by Gasteiger charge is 1.98. The number of hydrogen-bond donors (Lipinski definition) is 3. The van der Waals surface area contributed by atoms with Crippen molar-refractivity contribution in [3.8, 4) is 0 Å². The number of hydrogen-bond acceptors (Lipinski definition) is 2. The maximum absolute atomic E-state index is 5.45. The second kappa shape index (κ2) is 3.75. The minimum absolute atomic E-state index is 0.440. The van der Waals surface area contributed by atoms with Crippen LogP contribution in [0, 0.1) is 6.92 Å². The molecular weight excluding hydrogens is 154 g/mol. The van der Waals surface area contributed by atoms with Crippen LogP contribution in [0.15, 0.2) is 11.2 Å². The molecule has 0 fully saturated rings. The SMILES string of the molecule is CN=C(N)NCc1cn[nH]c1C. The Morgan fingerprint density at radius 1 is 1.83 bits per heavy atom. The molecule has 1 aromatic rings. The Morgan fingerprint density at radius 2 is 2.58 bits per heavy atom. The lowest BCUT2D eigenvalue weighted by molar-refractivity contribution is 0.892. The van der Waals surface area contributed by atoms with E-state index in [1.165, 1.54) is 0 Å². The monoisotopic (exact) mass is 167 g/mol. The van der Waals surface area contributed by atoms with Crippen LogP contribution < -0.4 is 11.1 Å². The molecule has 0 aliphatic rings. The third-order valence-electron chi connectivity index (χ3n) is 1.64. The summed E-state index contributed by atoms with van der Waals surface area (Å²) < 4.78 is 0. The Hall–Kier alpha value is -1.52. The van der Waals surface area contributed by atoms with E-state index in [0.717, 1.165) is 11.3 Å². The molecule has 12 heavy (non-hydrogen) atoms. The number of H-pyrrole nitrogens is 1. The van der Waals surface area contributed by atoms with Crippen molar-refractivity contribution >= 4 is 5.96 Å². The zero-order chi connectivity index (χ0) is 8.97. The zero-order valence-electron chi connectivity index (χ0n) is 7.26. The molecule has 0 saturated heterocycles. The van der Waals surface area contributed by atoms with Crippen molar-refractivity contribution in [3.63, 3.8) is 0 Å². The third-order valence-corrected chi connectivity index (χ3v) is 1.64. The molecule has 0 amide bonds. The molecular formula is C7H13N5. The smallest absolute Gasteiger partial charge is 0.188 e. The molecule has 4 N–H and O–H groups in total. The van der Waals surface area contributed by atoms with Crippen LogP contribution in [0.25, 0.3) is 0 Å². The summed E-state index contributed by atoms with van der Waals surface area (Å²) >= 11 is 0. The van der Waals surface area contributed by atoms with Gasteiger partial charge in [0.25, 0.3) is 0 Å². The van der Waals surface area contributed by atoms with E-state index in [9.17, 15) is 0 Å². The largest absolute Gasteiger partial charge is 0.370 e. The molecule has 1 rings (SSSR count). The number of guanidine groups is 1. The quantitative estimate of drug-likeness (QED) is 0.420. The summed E-state index contributed by atoms with van der Waals surface area (Å²) in [7, 11) is 1.64. The van der Waals surface area contributed by atoms with Gasteiger partial charge >= 0.3 is 0 Å². The topological polar surface area (TPSA) is 79.1 Å². The van der Waals surface area contributed by atoms with E-state index in [-0.39, 0.29) is 0 Å². The summed E-state index contributed by atoms with van der Waals surface area (Å²) in [6.45, 7) is 2.62. The molecule has 1 heterocycles. The number of aliphatic imine (C=N–C) groups is 1. The third kappa shape index (κ3) is 1.98. The minimum Gasteiger partial charge on any atom is -0.370 e. The van der Waals surface area contributed by atoms with Crippen molar-refractivity contribution in [2.75, 3.05) is 7.05 Å². The van der Waals surface area contributed by atoms with Crippen LogP contribution in [0.1, 0.15) is 11.3 Å². The molecule has 0 radical (unpaired) electrons. The summed E-state index contributed by atoms with van der Waals surface area (Å²) in [5.41, 5.74) is 7.59. The zero-order valence-corrected chi connectivity index (χ0v) is 7.26. The molecule has 0 aliphatic carbocycles. The Labute approximate surface area is 71.1 Å². The van der Waals surface area contributed by atoms with Crippen LogP contribution >= 0.6 is 0 Å². The molecule has 5 heteroatoms. The van der Waals surface area contributed by atoms with Gasteiger partial charge in [0.05, 0.1) is 6.20 Å². The number of aromatic nitrogens is 2. The summed E-state index contributed by atoms with van der Waals surface area (Å²) in [6.07, 6.45) is 1.77. The molecule has 66 valence electrons. The number of aryl methyl sites for hydroxylation is 1. The molecule has 0 spiro atoms. The van der Waals surface area contributed by atoms with Crippen molar-refractivity contribution in [1.29, 1.82) is 0 Å². The Kier molecular flexibility index (Phi) is 2.68. The number of nitrogens with two attached hydrogens (primary N) is 1. The first kappa shape index (κ1) is 8.58. The normalized spacial score (nSPS) is 11.7. The molecule has 0 saturated carbocycles. The van der Waals surface area contributed by atoms with Gasteiger partial charge in [-0.25, -0.2) is 0 Å². The Bertz CT molecular complexity index is 275. The highest BCUT2D eigenvalue weighted by atomic mass is 15.1. The first-order valence-electron chi connectivity index (χ1n) is 3.69. The summed E-state index contributed by atoms with van der Waals surface area (Å²) in [5, 5.41) is 9.66. The van der Waals surface area contributed by atoms with E-state index in [2.05, 4.69) is 20.5 Å². The first-order valence-corrected chi connectivity index (χ1v) is 3.69. The van der Waals surface area contributed by atoms with Crippen LogP contribution in [0.2, 0.25) is 0 Å². The number of aromatic amines is 1. The van der Waals surface area contributed by atoms with E-state index >= 15 is 0 Å². The van der Waals surface area contributed by atoms with E-state index < -0.39 is 0 Å². The molecule has 1 aromatic heterocycles.